The van der Waals surface area contributed by atoms with Crippen LogP contribution in [-0.4, -0.2) is 35.0 Å². The molecule has 3 aromatic carbocycles. The summed E-state index contributed by atoms with van der Waals surface area (Å²) >= 11 is 0. The molecular weight excluding hydrogens is 406 g/mol. The number of carbonyl (C=O) groups excluding carboxylic acids is 1. The average Bonchev–Trinajstić information content (AvgIpc) is 3.25. The minimum absolute atomic E-state index is 0.170. The van der Waals surface area contributed by atoms with Crippen molar-refractivity contribution in [1.29, 1.82) is 0 Å². The van der Waals surface area contributed by atoms with Crippen molar-refractivity contribution < 1.29 is 19.0 Å². The summed E-state index contributed by atoms with van der Waals surface area (Å²) in [4.78, 5) is 13.2. The fraction of sp³-hybridized carbons (Fsp3) is 0.200. The normalized spacial score (nSPS) is 14.8. The molecule has 0 aliphatic carbocycles. The molecule has 1 atom stereocenters. The predicted molar refractivity (Wildman–Crippen MR) is 122 cm³/mol. The largest absolute Gasteiger partial charge is 0.493 e. The highest BCUT2D eigenvalue weighted by Gasteiger charge is 2.22. The Bertz CT molecular complexity index is 1270. The van der Waals surface area contributed by atoms with Gasteiger partial charge in [0.05, 0.1) is 30.6 Å². The van der Waals surface area contributed by atoms with E-state index in [2.05, 4.69) is 10.4 Å². The molecule has 0 saturated carbocycles. The highest BCUT2D eigenvalue weighted by atomic mass is 16.6. The third-order valence-electron chi connectivity index (χ3n) is 5.27. The second-order valence-electron chi connectivity index (χ2n) is 7.50. The summed E-state index contributed by atoms with van der Waals surface area (Å²) in [6.45, 7) is 3.31. The van der Waals surface area contributed by atoms with Crippen molar-refractivity contribution in [3.05, 3.63) is 78.6 Å². The lowest BCUT2D eigenvalue weighted by atomic mass is 10.0. The second-order valence-corrected chi connectivity index (χ2v) is 7.50. The number of benzene rings is 3. The van der Waals surface area contributed by atoms with Gasteiger partial charge in [-0.2, -0.15) is 5.10 Å². The van der Waals surface area contributed by atoms with Crippen molar-refractivity contribution in [2.75, 3.05) is 18.5 Å². The van der Waals surface area contributed by atoms with Crippen molar-refractivity contribution >= 4 is 22.4 Å². The molecule has 1 aliphatic rings. The highest BCUT2D eigenvalue weighted by Crippen LogP contribution is 2.31. The predicted octanol–water partition coefficient (Wildman–Crippen LogP) is 4.53. The number of hydrogen-bond acceptors (Lipinski definition) is 5. The van der Waals surface area contributed by atoms with Crippen LogP contribution in [0.25, 0.3) is 10.8 Å². The van der Waals surface area contributed by atoms with Crippen LogP contribution in [0.3, 0.4) is 0 Å². The number of hydrogen-bond donors (Lipinski definition) is 1. The van der Waals surface area contributed by atoms with E-state index in [1.165, 1.54) is 0 Å². The Kier molecular flexibility index (Phi) is 5.37. The summed E-state index contributed by atoms with van der Waals surface area (Å²) in [6, 6.07) is 19.2. The minimum Gasteiger partial charge on any atom is -0.493 e. The molecule has 5 rings (SSSR count). The second kappa shape index (κ2) is 8.63. The van der Waals surface area contributed by atoms with Crippen LogP contribution in [0.4, 0.5) is 5.69 Å². The molecular formula is C25H23N3O4. The van der Waals surface area contributed by atoms with E-state index < -0.39 is 0 Å². The fourth-order valence-corrected chi connectivity index (χ4v) is 3.84. The summed E-state index contributed by atoms with van der Waals surface area (Å²) in [5.41, 5.74) is 1.11. The number of rotatable bonds is 6. The van der Waals surface area contributed by atoms with Gasteiger partial charge in [-0.15, -0.1) is 0 Å². The van der Waals surface area contributed by atoms with E-state index >= 15 is 0 Å². The number of anilines is 1. The van der Waals surface area contributed by atoms with Gasteiger partial charge in [-0.25, -0.2) is 0 Å². The zero-order valence-electron chi connectivity index (χ0n) is 17.7. The number of para-hydroxylation sites is 2. The quantitative estimate of drug-likeness (QED) is 0.488. The van der Waals surface area contributed by atoms with Gasteiger partial charge in [0.1, 0.15) is 12.4 Å². The molecule has 0 bridgehead atoms. The van der Waals surface area contributed by atoms with Gasteiger partial charge in [-0.3, -0.25) is 9.48 Å². The number of amides is 1. The number of carbonyl (C=O) groups is 1. The van der Waals surface area contributed by atoms with E-state index in [9.17, 15) is 4.79 Å². The molecule has 0 radical (unpaired) electrons. The lowest BCUT2D eigenvalue weighted by molar-refractivity contribution is 0.0759. The van der Waals surface area contributed by atoms with Crippen LogP contribution in [0.1, 0.15) is 17.3 Å². The number of aromatic nitrogens is 2. The first-order chi connectivity index (χ1) is 15.7. The Morgan fingerprint density at radius 2 is 1.94 bits per heavy atom. The summed E-state index contributed by atoms with van der Waals surface area (Å²) in [6.07, 6.45) is 3.24. The van der Waals surface area contributed by atoms with Crippen molar-refractivity contribution in [2.24, 2.45) is 0 Å². The van der Waals surface area contributed by atoms with Crippen molar-refractivity contribution in [3.8, 4) is 17.2 Å². The van der Waals surface area contributed by atoms with E-state index in [1.807, 2.05) is 67.6 Å². The van der Waals surface area contributed by atoms with E-state index in [0.717, 1.165) is 22.3 Å². The van der Waals surface area contributed by atoms with Gasteiger partial charge in [0.25, 0.3) is 5.91 Å². The van der Waals surface area contributed by atoms with Crippen LogP contribution >= 0.6 is 0 Å². The summed E-state index contributed by atoms with van der Waals surface area (Å²) in [5, 5.41) is 9.14. The molecule has 1 amide bonds. The molecule has 7 nitrogen and oxygen atoms in total. The monoisotopic (exact) mass is 429 g/mol. The van der Waals surface area contributed by atoms with E-state index in [1.54, 1.807) is 17.1 Å². The topological polar surface area (TPSA) is 74.6 Å². The van der Waals surface area contributed by atoms with Gasteiger partial charge in [0, 0.05) is 6.20 Å². The van der Waals surface area contributed by atoms with Gasteiger partial charge in [0.15, 0.2) is 17.6 Å². The SMILES string of the molecule is CCOc1ccc2ccccc2c1C(=O)Nc1cnn(C[C@H]2COc3ccccc3O2)c1. The third kappa shape index (κ3) is 3.97. The van der Waals surface area contributed by atoms with Crippen molar-refractivity contribution in [2.45, 2.75) is 19.6 Å². The summed E-state index contributed by atoms with van der Waals surface area (Å²) in [7, 11) is 0. The molecule has 4 aromatic rings. The standard InChI is InChI=1S/C25H23N3O4/c1-2-30-23-12-11-17-7-3-4-8-20(17)24(23)25(29)27-18-13-26-28(14-18)15-19-16-31-21-9-5-6-10-22(21)32-19/h3-14,19H,2,15-16H2,1H3,(H,27,29)/t19-/m0/s1. The molecule has 0 spiro atoms. The van der Waals surface area contributed by atoms with Gasteiger partial charge in [-0.05, 0) is 35.9 Å². The van der Waals surface area contributed by atoms with Crippen LogP contribution in [-0.2, 0) is 6.54 Å². The van der Waals surface area contributed by atoms with Crippen LogP contribution in [0.15, 0.2) is 73.1 Å². The van der Waals surface area contributed by atoms with Crippen molar-refractivity contribution in [1.82, 2.24) is 9.78 Å². The number of nitrogens with zero attached hydrogens (tertiary/aromatic N) is 2. The first kappa shape index (κ1) is 19.9. The minimum atomic E-state index is -0.240. The molecule has 0 saturated heterocycles. The Balaban J connectivity index is 1.32. The van der Waals surface area contributed by atoms with E-state index in [0.29, 0.717) is 36.8 Å². The average molecular weight is 429 g/mol. The molecule has 1 aromatic heterocycles. The molecule has 1 aliphatic heterocycles. The molecule has 1 N–H and O–H groups in total. The lowest BCUT2D eigenvalue weighted by Gasteiger charge is -2.26. The first-order valence-electron chi connectivity index (χ1n) is 10.6. The molecule has 162 valence electrons. The van der Waals surface area contributed by atoms with Crippen LogP contribution in [0.2, 0.25) is 0 Å². The maximum atomic E-state index is 13.2. The zero-order chi connectivity index (χ0) is 21.9. The molecule has 2 heterocycles. The molecule has 0 fully saturated rings. The maximum Gasteiger partial charge on any atom is 0.260 e. The molecule has 0 unspecified atom stereocenters. The Morgan fingerprint density at radius 1 is 1.12 bits per heavy atom. The molecule has 32 heavy (non-hydrogen) atoms. The fourth-order valence-electron chi connectivity index (χ4n) is 3.84. The van der Waals surface area contributed by atoms with Crippen LogP contribution < -0.4 is 19.5 Å². The Labute approximate surface area is 185 Å². The summed E-state index contributed by atoms with van der Waals surface area (Å²) in [5.74, 6) is 1.79. The smallest absolute Gasteiger partial charge is 0.260 e. The Hall–Kier alpha value is -4.00. The van der Waals surface area contributed by atoms with Crippen molar-refractivity contribution in [3.63, 3.8) is 0 Å². The lowest BCUT2D eigenvalue weighted by Crippen LogP contribution is -2.33. The molecule has 7 heteroatoms. The van der Waals surface area contributed by atoms with Gasteiger partial charge in [-0.1, -0.05) is 42.5 Å². The highest BCUT2D eigenvalue weighted by molar-refractivity contribution is 6.14. The van der Waals surface area contributed by atoms with Gasteiger partial charge < -0.3 is 19.5 Å². The maximum absolute atomic E-state index is 13.2. The summed E-state index contributed by atoms with van der Waals surface area (Å²) < 4.78 is 19.2. The van der Waals surface area contributed by atoms with Gasteiger partial charge >= 0.3 is 0 Å². The Morgan fingerprint density at radius 3 is 2.81 bits per heavy atom. The zero-order valence-corrected chi connectivity index (χ0v) is 17.7. The third-order valence-corrected chi connectivity index (χ3v) is 5.27. The first-order valence-corrected chi connectivity index (χ1v) is 10.6. The van der Waals surface area contributed by atoms with Crippen LogP contribution in [0.5, 0.6) is 17.2 Å². The van der Waals surface area contributed by atoms with Crippen LogP contribution in [0, 0.1) is 0 Å². The number of nitrogens with one attached hydrogen (secondary N) is 1. The van der Waals surface area contributed by atoms with Gasteiger partial charge in [0.2, 0.25) is 0 Å². The van der Waals surface area contributed by atoms with E-state index in [4.69, 9.17) is 14.2 Å². The number of fused-ring (bicyclic) bond motifs is 2. The number of ether oxygens (including phenoxy) is 3. The van der Waals surface area contributed by atoms with E-state index in [-0.39, 0.29) is 12.0 Å².